The van der Waals surface area contributed by atoms with Gasteiger partial charge in [0.25, 0.3) is 11.5 Å². The number of carbonyl (C=O) groups excluding carboxylic acids is 2. The van der Waals surface area contributed by atoms with E-state index in [0.717, 1.165) is 12.1 Å². The SMILES string of the molecule is CCCCN(C(=O)COC(=O)c1ccc(C)n1C)c1c(N)n(CCC)c(=O)[nH]c1=O. The number of aryl methyl sites for hydroxylation is 1. The van der Waals surface area contributed by atoms with Crippen molar-refractivity contribution in [2.75, 3.05) is 23.8 Å². The molecule has 0 atom stereocenters. The van der Waals surface area contributed by atoms with Crippen molar-refractivity contribution in [3.8, 4) is 0 Å². The Hall–Kier alpha value is -3.30. The van der Waals surface area contributed by atoms with E-state index in [1.165, 1.54) is 9.47 Å². The molecule has 2 aromatic heterocycles. The summed E-state index contributed by atoms with van der Waals surface area (Å²) in [6.07, 6.45) is 1.98. The average molecular weight is 419 g/mol. The predicted molar refractivity (Wildman–Crippen MR) is 114 cm³/mol. The summed E-state index contributed by atoms with van der Waals surface area (Å²) in [5.74, 6) is -1.33. The van der Waals surface area contributed by atoms with E-state index in [0.29, 0.717) is 25.1 Å². The monoisotopic (exact) mass is 419 g/mol. The number of amides is 1. The number of hydrogen-bond acceptors (Lipinski definition) is 6. The Morgan fingerprint density at radius 1 is 1.20 bits per heavy atom. The molecule has 3 N–H and O–H groups in total. The first-order valence-corrected chi connectivity index (χ1v) is 9.95. The predicted octanol–water partition coefficient (Wildman–Crippen LogP) is 1.17. The lowest BCUT2D eigenvalue weighted by Crippen LogP contribution is -2.43. The third-order valence-electron chi connectivity index (χ3n) is 4.88. The van der Waals surface area contributed by atoms with E-state index in [4.69, 9.17) is 10.5 Å². The number of aromatic nitrogens is 3. The Balaban J connectivity index is 2.31. The summed E-state index contributed by atoms with van der Waals surface area (Å²) in [4.78, 5) is 53.1. The summed E-state index contributed by atoms with van der Waals surface area (Å²) in [7, 11) is 1.72. The van der Waals surface area contributed by atoms with E-state index < -0.39 is 29.7 Å². The average Bonchev–Trinajstić information content (AvgIpc) is 3.04. The van der Waals surface area contributed by atoms with Crippen LogP contribution in [0.15, 0.2) is 21.7 Å². The Kier molecular flexibility index (Phi) is 7.62. The van der Waals surface area contributed by atoms with Crippen LogP contribution in [0.3, 0.4) is 0 Å². The van der Waals surface area contributed by atoms with Gasteiger partial charge in [-0.05, 0) is 31.9 Å². The summed E-state index contributed by atoms with van der Waals surface area (Å²) in [6.45, 7) is 5.58. The molecule has 10 nitrogen and oxygen atoms in total. The van der Waals surface area contributed by atoms with Gasteiger partial charge in [-0.1, -0.05) is 20.3 Å². The highest BCUT2D eigenvalue weighted by atomic mass is 16.5. The highest BCUT2D eigenvalue weighted by Gasteiger charge is 2.25. The molecular formula is C20H29N5O5. The maximum atomic E-state index is 12.9. The zero-order chi connectivity index (χ0) is 22.4. The molecule has 0 radical (unpaired) electrons. The van der Waals surface area contributed by atoms with Crippen molar-refractivity contribution in [2.24, 2.45) is 7.05 Å². The summed E-state index contributed by atoms with van der Waals surface area (Å²) >= 11 is 0. The van der Waals surface area contributed by atoms with Gasteiger partial charge in [0.2, 0.25) is 0 Å². The van der Waals surface area contributed by atoms with E-state index in [1.54, 1.807) is 23.7 Å². The standard InChI is InChI=1S/C20H29N5O5/c1-5-7-11-24(16-17(21)25(10-6-2)20(29)22-18(16)27)15(26)12-30-19(28)14-9-8-13(3)23(14)4/h8-9H,5-7,10-12,21H2,1-4H3,(H,22,27,29). The minimum Gasteiger partial charge on any atom is -0.451 e. The third-order valence-corrected chi connectivity index (χ3v) is 4.88. The molecule has 0 bridgehead atoms. The van der Waals surface area contributed by atoms with Gasteiger partial charge in [-0.15, -0.1) is 0 Å². The normalized spacial score (nSPS) is 10.8. The second-order valence-corrected chi connectivity index (χ2v) is 7.04. The van der Waals surface area contributed by atoms with Crippen LogP contribution in [0.25, 0.3) is 0 Å². The molecule has 164 valence electrons. The van der Waals surface area contributed by atoms with E-state index in [-0.39, 0.29) is 18.1 Å². The lowest BCUT2D eigenvalue weighted by molar-refractivity contribution is -0.121. The van der Waals surface area contributed by atoms with Crippen molar-refractivity contribution in [3.05, 3.63) is 44.4 Å². The molecule has 2 aromatic rings. The maximum Gasteiger partial charge on any atom is 0.355 e. The first-order valence-electron chi connectivity index (χ1n) is 9.95. The fraction of sp³-hybridized carbons (Fsp3) is 0.500. The molecule has 0 saturated heterocycles. The number of H-pyrrole nitrogens is 1. The van der Waals surface area contributed by atoms with Gasteiger partial charge < -0.3 is 19.9 Å². The van der Waals surface area contributed by atoms with Crippen LogP contribution < -0.4 is 21.9 Å². The van der Waals surface area contributed by atoms with Crippen LogP contribution in [0.5, 0.6) is 0 Å². The molecule has 10 heteroatoms. The van der Waals surface area contributed by atoms with Gasteiger partial charge in [0.1, 0.15) is 11.5 Å². The smallest absolute Gasteiger partial charge is 0.355 e. The van der Waals surface area contributed by atoms with Gasteiger partial charge in [0.05, 0.1) is 0 Å². The van der Waals surface area contributed by atoms with Gasteiger partial charge in [0.15, 0.2) is 12.3 Å². The second-order valence-electron chi connectivity index (χ2n) is 7.04. The molecule has 0 aliphatic heterocycles. The summed E-state index contributed by atoms with van der Waals surface area (Å²) < 4.78 is 8.06. The van der Waals surface area contributed by atoms with Gasteiger partial charge in [-0.25, -0.2) is 9.59 Å². The van der Waals surface area contributed by atoms with Crippen molar-refractivity contribution in [2.45, 2.75) is 46.6 Å². The molecule has 0 saturated carbocycles. The number of nitrogen functional groups attached to an aromatic ring is 1. The fourth-order valence-electron chi connectivity index (χ4n) is 3.06. The number of carbonyl (C=O) groups is 2. The Morgan fingerprint density at radius 3 is 2.47 bits per heavy atom. The molecule has 0 aliphatic rings. The Bertz CT molecular complexity index is 1030. The van der Waals surface area contributed by atoms with Crippen LogP contribution in [0.4, 0.5) is 11.5 Å². The van der Waals surface area contributed by atoms with Crippen LogP contribution in [0.2, 0.25) is 0 Å². The van der Waals surface area contributed by atoms with Crippen LogP contribution in [0, 0.1) is 6.92 Å². The molecule has 0 aromatic carbocycles. The van der Waals surface area contributed by atoms with Crippen molar-refractivity contribution >= 4 is 23.4 Å². The molecule has 0 unspecified atom stereocenters. The number of nitrogens with two attached hydrogens (primary N) is 1. The third kappa shape index (κ3) is 4.81. The molecule has 0 spiro atoms. The number of hydrogen-bond donors (Lipinski definition) is 2. The molecule has 1 amide bonds. The molecule has 0 fully saturated rings. The van der Waals surface area contributed by atoms with Gasteiger partial charge in [-0.3, -0.25) is 19.1 Å². The lowest BCUT2D eigenvalue weighted by Gasteiger charge is -2.24. The molecule has 2 heterocycles. The number of esters is 1. The van der Waals surface area contributed by atoms with Crippen LogP contribution in [-0.2, 0) is 23.1 Å². The molecule has 2 rings (SSSR count). The largest absolute Gasteiger partial charge is 0.451 e. The summed E-state index contributed by atoms with van der Waals surface area (Å²) in [5, 5.41) is 0. The number of aromatic amines is 1. The highest BCUT2D eigenvalue weighted by Crippen LogP contribution is 2.18. The zero-order valence-electron chi connectivity index (χ0n) is 17.9. The number of nitrogens with zero attached hydrogens (tertiary/aromatic N) is 3. The maximum absolute atomic E-state index is 12.9. The van der Waals surface area contributed by atoms with E-state index in [1.807, 2.05) is 20.8 Å². The van der Waals surface area contributed by atoms with Crippen molar-refractivity contribution < 1.29 is 14.3 Å². The van der Waals surface area contributed by atoms with E-state index in [2.05, 4.69) is 4.98 Å². The van der Waals surface area contributed by atoms with Gasteiger partial charge in [0, 0.05) is 25.8 Å². The van der Waals surface area contributed by atoms with Crippen molar-refractivity contribution in [3.63, 3.8) is 0 Å². The molecular weight excluding hydrogens is 390 g/mol. The number of unbranched alkanes of at least 4 members (excludes halogenated alkanes) is 1. The number of rotatable bonds is 9. The first-order chi connectivity index (χ1) is 14.2. The summed E-state index contributed by atoms with van der Waals surface area (Å²) in [6, 6.07) is 3.38. The first kappa shape index (κ1) is 23.0. The zero-order valence-corrected chi connectivity index (χ0v) is 17.9. The van der Waals surface area contributed by atoms with Crippen molar-refractivity contribution in [1.29, 1.82) is 0 Å². The number of ether oxygens (including phenoxy) is 1. The van der Waals surface area contributed by atoms with Crippen LogP contribution >= 0.6 is 0 Å². The summed E-state index contributed by atoms with van der Waals surface area (Å²) in [5.41, 5.74) is 5.79. The fourth-order valence-corrected chi connectivity index (χ4v) is 3.06. The topological polar surface area (TPSA) is 132 Å². The number of anilines is 2. The van der Waals surface area contributed by atoms with Gasteiger partial charge in [-0.2, -0.15) is 0 Å². The van der Waals surface area contributed by atoms with Crippen LogP contribution in [-0.4, -0.2) is 39.1 Å². The minimum absolute atomic E-state index is 0.0839. The highest BCUT2D eigenvalue weighted by molar-refractivity contribution is 5.98. The molecule has 30 heavy (non-hydrogen) atoms. The van der Waals surface area contributed by atoms with E-state index >= 15 is 0 Å². The van der Waals surface area contributed by atoms with Crippen molar-refractivity contribution in [1.82, 2.24) is 14.1 Å². The Morgan fingerprint density at radius 2 is 1.90 bits per heavy atom. The minimum atomic E-state index is -0.751. The van der Waals surface area contributed by atoms with E-state index in [9.17, 15) is 19.2 Å². The quantitative estimate of drug-likeness (QED) is 0.586. The Labute approximate surface area is 174 Å². The lowest BCUT2D eigenvalue weighted by atomic mass is 10.2. The second kappa shape index (κ2) is 9.95. The molecule has 0 aliphatic carbocycles. The van der Waals surface area contributed by atoms with Crippen LogP contribution in [0.1, 0.15) is 49.3 Å². The van der Waals surface area contributed by atoms with Gasteiger partial charge >= 0.3 is 11.7 Å². The number of nitrogens with one attached hydrogen (secondary N) is 1.